The van der Waals surface area contributed by atoms with Gasteiger partial charge in [-0.1, -0.05) is 99.3 Å². The van der Waals surface area contributed by atoms with Gasteiger partial charge < -0.3 is 4.74 Å². The predicted octanol–water partition coefficient (Wildman–Crippen LogP) is 9.84. The first-order valence-electron chi connectivity index (χ1n) is 13.0. The van der Waals surface area contributed by atoms with E-state index in [1.165, 1.54) is 67.5 Å². The summed E-state index contributed by atoms with van der Waals surface area (Å²) in [4.78, 5) is 0. The third kappa shape index (κ3) is 7.58. The molecule has 4 aromatic rings. The van der Waals surface area contributed by atoms with E-state index in [-0.39, 0.29) is 11.6 Å². The molecule has 0 aromatic heterocycles. The molecule has 1 nitrogen and oxygen atoms in total. The molecule has 0 unspecified atom stereocenters. The fourth-order valence-electron chi connectivity index (χ4n) is 4.65. The Morgan fingerprint density at radius 2 is 1.27 bits per heavy atom. The van der Waals surface area contributed by atoms with Gasteiger partial charge in [0.1, 0.15) is 11.6 Å². The minimum atomic E-state index is -4.76. The quantitative estimate of drug-likeness (QED) is 0.145. The van der Waals surface area contributed by atoms with Gasteiger partial charge in [0.05, 0.1) is 0 Å². The fraction of sp³-hybridized carbons (Fsp3) is 0.312. The van der Waals surface area contributed by atoms with E-state index in [0.29, 0.717) is 16.5 Å². The highest BCUT2D eigenvalue weighted by atomic mass is 19.4. The van der Waals surface area contributed by atoms with Crippen LogP contribution in [0, 0.1) is 5.82 Å². The van der Waals surface area contributed by atoms with E-state index in [4.69, 9.17) is 0 Å². The zero-order valence-corrected chi connectivity index (χ0v) is 21.1. The zero-order valence-electron chi connectivity index (χ0n) is 21.1. The molecule has 0 aliphatic carbocycles. The van der Waals surface area contributed by atoms with Gasteiger partial charge in [0.25, 0.3) is 0 Å². The standard InChI is InChI=1S/C32H32F4O/c1-2-3-4-5-6-7-23-8-10-24(11-9-23)12-13-25-14-20-30-27(22-25)17-21-29(31(30)33)26-15-18-28(19-16-26)37-32(34,35)36/h8-11,14-22H,2-7,12-13H2,1H3. The van der Waals surface area contributed by atoms with Crippen LogP contribution in [0.2, 0.25) is 0 Å². The summed E-state index contributed by atoms with van der Waals surface area (Å²) in [5.41, 5.74) is 4.63. The molecule has 0 heterocycles. The molecule has 0 aliphatic rings. The van der Waals surface area contributed by atoms with Gasteiger partial charge in [0.2, 0.25) is 0 Å². The molecule has 0 N–H and O–H groups in total. The summed E-state index contributed by atoms with van der Waals surface area (Å²) in [6.07, 6.45) is 4.58. The van der Waals surface area contributed by atoms with Gasteiger partial charge in [-0.05, 0) is 65.5 Å². The van der Waals surface area contributed by atoms with E-state index < -0.39 is 6.36 Å². The summed E-state index contributed by atoms with van der Waals surface area (Å²) in [5.74, 6) is -0.724. The third-order valence-electron chi connectivity index (χ3n) is 6.71. The maximum atomic E-state index is 15.3. The second kappa shape index (κ2) is 12.3. The summed E-state index contributed by atoms with van der Waals surface area (Å²) in [6, 6.07) is 23.4. The minimum Gasteiger partial charge on any atom is -0.406 e. The lowest BCUT2D eigenvalue weighted by Gasteiger charge is -2.11. The number of benzene rings is 4. The van der Waals surface area contributed by atoms with Gasteiger partial charge >= 0.3 is 6.36 Å². The summed E-state index contributed by atoms with van der Waals surface area (Å²) < 4.78 is 56.4. The lowest BCUT2D eigenvalue weighted by Crippen LogP contribution is -2.16. The Morgan fingerprint density at radius 3 is 1.95 bits per heavy atom. The van der Waals surface area contributed by atoms with Crippen molar-refractivity contribution in [3.8, 4) is 16.9 Å². The topological polar surface area (TPSA) is 9.23 Å². The van der Waals surface area contributed by atoms with E-state index in [1.54, 1.807) is 12.1 Å². The number of fused-ring (bicyclic) bond motifs is 1. The van der Waals surface area contributed by atoms with Crippen LogP contribution in [-0.4, -0.2) is 6.36 Å². The van der Waals surface area contributed by atoms with Gasteiger partial charge in [-0.15, -0.1) is 13.2 Å². The van der Waals surface area contributed by atoms with Crippen molar-refractivity contribution in [2.75, 3.05) is 0 Å². The van der Waals surface area contributed by atoms with Gasteiger partial charge in [-0.2, -0.15) is 0 Å². The summed E-state index contributed by atoms with van der Waals surface area (Å²) in [5, 5.41) is 1.29. The van der Waals surface area contributed by atoms with Crippen LogP contribution < -0.4 is 4.74 Å². The van der Waals surface area contributed by atoms with Crippen molar-refractivity contribution >= 4 is 10.8 Å². The molecule has 0 spiro atoms. The first kappa shape index (κ1) is 26.7. The van der Waals surface area contributed by atoms with Crippen molar-refractivity contribution < 1.29 is 22.3 Å². The Labute approximate surface area is 216 Å². The first-order chi connectivity index (χ1) is 17.8. The second-order valence-corrected chi connectivity index (χ2v) is 9.54. The average Bonchev–Trinajstić information content (AvgIpc) is 2.88. The Balaban J connectivity index is 1.38. The van der Waals surface area contributed by atoms with Crippen LogP contribution in [-0.2, 0) is 19.3 Å². The zero-order chi connectivity index (χ0) is 26.3. The van der Waals surface area contributed by atoms with Gasteiger partial charge in [-0.25, -0.2) is 4.39 Å². The van der Waals surface area contributed by atoms with E-state index in [9.17, 15) is 13.2 Å². The molecule has 37 heavy (non-hydrogen) atoms. The van der Waals surface area contributed by atoms with Crippen molar-refractivity contribution in [1.29, 1.82) is 0 Å². The van der Waals surface area contributed by atoms with Crippen molar-refractivity contribution in [2.45, 2.75) is 64.7 Å². The maximum absolute atomic E-state index is 15.3. The number of aryl methyl sites for hydroxylation is 3. The lowest BCUT2D eigenvalue weighted by atomic mass is 9.96. The average molecular weight is 509 g/mol. The Kier molecular flexibility index (Phi) is 8.86. The second-order valence-electron chi connectivity index (χ2n) is 9.54. The Bertz CT molecular complexity index is 1290. The highest BCUT2D eigenvalue weighted by Crippen LogP contribution is 2.32. The van der Waals surface area contributed by atoms with Gasteiger partial charge in [0, 0.05) is 10.9 Å². The van der Waals surface area contributed by atoms with Crippen LogP contribution in [0.3, 0.4) is 0 Å². The van der Waals surface area contributed by atoms with Crippen LogP contribution in [0.5, 0.6) is 5.75 Å². The molecule has 194 valence electrons. The number of ether oxygens (including phenoxy) is 1. The van der Waals surface area contributed by atoms with E-state index >= 15 is 4.39 Å². The monoisotopic (exact) mass is 508 g/mol. The molecule has 0 bridgehead atoms. The van der Waals surface area contributed by atoms with Gasteiger partial charge in [0.15, 0.2) is 0 Å². The fourth-order valence-corrected chi connectivity index (χ4v) is 4.65. The first-order valence-corrected chi connectivity index (χ1v) is 13.0. The molecule has 0 radical (unpaired) electrons. The molecule has 4 rings (SSSR count). The van der Waals surface area contributed by atoms with Crippen molar-refractivity contribution in [3.63, 3.8) is 0 Å². The molecule has 0 saturated heterocycles. The Morgan fingerprint density at radius 1 is 0.649 bits per heavy atom. The number of alkyl halides is 3. The molecule has 4 aromatic carbocycles. The van der Waals surface area contributed by atoms with Crippen LogP contribution in [0.1, 0.15) is 55.7 Å². The number of halogens is 4. The van der Waals surface area contributed by atoms with Crippen LogP contribution >= 0.6 is 0 Å². The van der Waals surface area contributed by atoms with Crippen molar-refractivity contribution in [1.82, 2.24) is 0 Å². The van der Waals surface area contributed by atoms with Crippen LogP contribution in [0.4, 0.5) is 17.6 Å². The number of hydrogen-bond acceptors (Lipinski definition) is 1. The number of hydrogen-bond donors (Lipinski definition) is 0. The largest absolute Gasteiger partial charge is 0.573 e. The maximum Gasteiger partial charge on any atom is 0.573 e. The summed E-state index contributed by atoms with van der Waals surface area (Å²) in [6.45, 7) is 2.23. The molecule has 0 atom stereocenters. The van der Waals surface area contributed by atoms with Crippen molar-refractivity contribution in [3.05, 3.63) is 101 Å². The molecular formula is C32H32F4O. The normalized spacial score (nSPS) is 11.7. The molecular weight excluding hydrogens is 476 g/mol. The third-order valence-corrected chi connectivity index (χ3v) is 6.71. The van der Waals surface area contributed by atoms with E-state index in [0.717, 1.165) is 30.2 Å². The SMILES string of the molecule is CCCCCCCc1ccc(CCc2ccc3c(F)c(-c4ccc(OC(F)(F)F)cc4)ccc3c2)cc1. The molecule has 0 amide bonds. The smallest absolute Gasteiger partial charge is 0.406 e. The molecule has 5 heteroatoms. The summed E-state index contributed by atoms with van der Waals surface area (Å²) in [7, 11) is 0. The highest BCUT2D eigenvalue weighted by Gasteiger charge is 2.31. The van der Waals surface area contributed by atoms with Crippen LogP contribution in [0.15, 0.2) is 78.9 Å². The summed E-state index contributed by atoms with van der Waals surface area (Å²) >= 11 is 0. The highest BCUT2D eigenvalue weighted by molar-refractivity contribution is 5.88. The predicted molar refractivity (Wildman–Crippen MR) is 142 cm³/mol. The van der Waals surface area contributed by atoms with Gasteiger partial charge in [-0.3, -0.25) is 0 Å². The molecule has 0 fully saturated rings. The Hall–Kier alpha value is -3.34. The van der Waals surface area contributed by atoms with E-state index in [1.807, 2.05) is 18.2 Å². The van der Waals surface area contributed by atoms with E-state index in [2.05, 4.69) is 35.9 Å². The number of unbranched alkanes of at least 4 members (excludes halogenated alkanes) is 4. The number of rotatable bonds is 11. The van der Waals surface area contributed by atoms with Crippen LogP contribution in [0.25, 0.3) is 21.9 Å². The molecule has 0 aliphatic heterocycles. The molecule has 0 saturated carbocycles. The van der Waals surface area contributed by atoms with Crippen molar-refractivity contribution in [2.24, 2.45) is 0 Å². The minimum absolute atomic E-state index is 0.334. The lowest BCUT2D eigenvalue weighted by molar-refractivity contribution is -0.274.